The van der Waals surface area contributed by atoms with Crippen LogP contribution in [0.5, 0.6) is 5.75 Å². The molecule has 29 heavy (non-hydrogen) atoms. The first-order valence-corrected chi connectivity index (χ1v) is 8.51. The van der Waals surface area contributed by atoms with Crippen molar-refractivity contribution in [2.24, 2.45) is 0 Å². The number of pyridine rings is 1. The van der Waals surface area contributed by atoms with Crippen LogP contribution in [0.2, 0.25) is 0 Å². The third kappa shape index (κ3) is 3.82. The Labute approximate surface area is 162 Å². The van der Waals surface area contributed by atoms with Gasteiger partial charge in [0.05, 0.1) is 11.9 Å². The third-order valence-corrected chi connectivity index (χ3v) is 4.30. The zero-order valence-electron chi connectivity index (χ0n) is 15.3. The molecular formula is C19H15F3N4O3. The van der Waals surface area contributed by atoms with E-state index in [0.717, 1.165) is 10.4 Å². The fraction of sp³-hybridized carbons (Fsp3) is 0.158. The highest BCUT2D eigenvalue weighted by Gasteiger charge is 2.31. The first-order valence-electron chi connectivity index (χ1n) is 8.51. The number of allylic oxidation sites excluding steroid dienone is 2. The van der Waals surface area contributed by atoms with Gasteiger partial charge >= 0.3 is 12.1 Å². The van der Waals surface area contributed by atoms with Gasteiger partial charge in [0.25, 0.3) is 0 Å². The fourth-order valence-electron chi connectivity index (χ4n) is 2.80. The van der Waals surface area contributed by atoms with Crippen LogP contribution in [0.4, 0.5) is 13.2 Å². The average molecular weight is 404 g/mol. The molecule has 3 aromatic rings. The Balaban J connectivity index is 1.64. The summed E-state index contributed by atoms with van der Waals surface area (Å²) in [5, 5.41) is 7.22. The molecule has 10 heteroatoms. The second-order valence-corrected chi connectivity index (χ2v) is 6.35. The van der Waals surface area contributed by atoms with Crippen LogP contribution < -0.4 is 15.7 Å². The number of fused-ring (bicyclic) bond motifs is 1. The van der Waals surface area contributed by atoms with Gasteiger partial charge in [0.2, 0.25) is 5.88 Å². The second kappa shape index (κ2) is 6.73. The first kappa shape index (κ1) is 18.7. The maximum Gasteiger partial charge on any atom is 0.573 e. The minimum absolute atomic E-state index is 0.317. The maximum atomic E-state index is 12.7. The van der Waals surface area contributed by atoms with Gasteiger partial charge in [-0.05, 0) is 49.2 Å². The van der Waals surface area contributed by atoms with Gasteiger partial charge in [-0.15, -0.1) is 18.3 Å². The largest absolute Gasteiger partial charge is 0.573 e. The predicted octanol–water partition coefficient (Wildman–Crippen LogP) is 3.69. The summed E-state index contributed by atoms with van der Waals surface area (Å²) in [5.41, 5.74) is 2.09. The Morgan fingerprint density at radius 3 is 2.41 bits per heavy atom. The van der Waals surface area contributed by atoms with E-state index in [2.05, 4.69) is 15.2 Å². The van der Waals surface area contributed by atoms with Gasteiger partial charge in [0.1, 0.15) is 11.5 Å². The van der Waals surface area contributed by atoms with Crippen LogP contribution in [-0.2, 0) is 4.74 Å². The summed E-state index contributed by atoms with van der Waals surface area (Å²) in [6.45, 7) is 3.65. The van der Waals surface area contributed by atoms with Crippen molar-refractivity contribution in [3.63, 3.8) is 0 Å². The van der Waals surface area contributed by atoms with Crippen molar-refractivity contribution in [1.29, 1.82) is 0 Å². The third-order valence-electron chi connectivity index (χ3n) is 4.30. The van der Waals surface area contributed by atoms with Crippen LogP contribution in [0, 0.1) is 0 Å². The fourth-order valence-corrected chi connectivity index (χ4v) is 2.80. The quantitative estimate of drug-likeness (QED) is 0.721. The first-order chi connectivity index (χ1) is 13.7. The molecule has 1 aliphatic heterocycles. The van der Waals surface area contributed by atoms with Crippen molar-refractivity contribution in [3.8, 4) is 16.9 Å². The number of halogens is 3. The van der Waals surface area contributed by atoms with E-state index in [0.29, 0.717) is 28.4 Å². The Morgan fingerprint density at radius 2 is 1.79 bits per heavy atom. The number of hydrogen-bond acceptors (Lipinski definition) is 5. The van der Waals surface area contributed by atoms with E-state index < -0.39 is 12.1 Å². The summed E-state index contributed by atoms with van der Waals surface area (Å²) in [6.07, 6.45) is -1.74. The van der Waals surface area contributed by atoms with E-state index in [9.17, 15) is 18.0 Å². The monoisotopic (exact) mass is 404 g/mol. The van der Waals surface area contributed by atoms with Crippen LogP contribution in [0.25, 0.3) is 23.0 Å². The molecule has 0 atom stereocenters. The molecule has 0 amide bonds. The van der Waals surface area contributed by atoms with Crippen molar-refractivity contribution in [1.82, 2.24) is 19.5 Å². The van der Waals surface area contributed by atoms with Crippen LogP contribution in [0.15, 0.2) is 64.7 Å². The van der Waals surface area contributed by atoms with Crippen molar-refractivity contribution < 1.29 is 22.6 Å². The summed E-state index contributed by atoms with van der Waals surface area (Å²) in [6, 6.07) is 8.75. The lowest BCUT2D eigenvalue weighted by atomic mass is 10.1. The van der Waals surface area contributed by atoms with E-state index in [1.165, 1.54) is 34.9 Å². The lowest BCUT2D eigenvalue weighted by Gasteiger charge is -2.09. The number of aromatic nitrogens is 3. The summed E-state index contributed by atoms with van der Waals surface area (Å²) in [4.78, 5) is 12.7. The topological polar surface area (TPSA) is 69.8 Å². The van der Waals surface area contributed by atoms with Gasteiger partial charge < -0.3 is 14.8 Å². The molecule has 0 unspecified atom stereocenters. The highest BCUT2D eigenvalue weighted by atomic mass is 19.4. The normalized spacial score (nSPS) is 15.7. The van der Waals surface area contributed by atoms with E-state index >= 15 is 0 Å². The SMILES string of the molecule is CC1=C(C)OC(=Cn2nc3ccc(-c4ccc(OC(F)(F)F)cc4)cn3c2=O)N1. The van der Waals surface area contributed by atoms with Crippen molar-refractivity contribution in [3.05, 3.63) is 70.4 Å². The van der Waals surface area contributed by atoms with Crippen molar-refractivity contribution in [2.45, 2.75) is 20.2 Å². The number of nitrogens with one attached hydrogen (secondary N) is 1. The van der Waals surface area contributed by atoms with Crippen LogP contribution in [0.3, 0.4) is 0 Å². The summed E-state index contributed by atoms with van der Waals surface area (Å²) in [5.74, 6) is 0.765. The van der Waals surface area contributed by atoms with Crippen LogP contribution in [-0.4, -0.2) is 20.5 Å². The predicted molar refractivity (Wildman–Crippen MR) is 98.4 cm³/mol. The molecule has 2 aromatic heterocycles. The lowest BCUT2D eigenvalue weighted by molar-refractivity contribution is -0.274. The minimum Gasteiger partial charge on any atom is -0.442 e. The lowest BCUT2D eigenvalue weighted by Crippen LogP contribution is -2.18. The molecule has 3 heterocycles. The molecule has 0 aliphatic carbocycles. The highest BCUT2D eigenvalue weighted by molar-refractivity contribution is 5.65. The summed E-state index contributed by atoms with van der Waals surface area (Å²) < 4.78 is 48.7. The summed E-state index contributed by atoms with van der Waals surface area (Å²) in [7, 11) is 0. The van der Waals surface area contributed by atoms with Crippen molar-refractivity contribution >= 4 is 11.8 Å². The number of nitrogens with zero attached hydrogens (tertiary/aromatic N) is 3. The van der Waals surface area contributed by atoms with Gasteiger partial charge in [-0.25, -0.2) is 9.20 Å². The molecule has 0 saturated heterocycles. The Bertz CT molecular complexity index is 1190. The molecule has 7 nitrogen and oxygen atoms in total. The second-order valence-electron chi connectivity index (χ2n) is 6.35. The van der Waals surface area contributed by atoms with Crippen LogP contribution in [0.1, 0.15) is 13.8 Å². The molecule has 0 bridgehead atoms. The molecule has 0 spiro atoms. The zero-order valence-corrected chi connectivity index (χ0v) is 15.3. The Morgan fingerprint density at radius 1 is 1.10 bits per heavy atom. The van der Waals surface area contributed by atoms with Gasteiger partial charge in [0, 0.05) is 6.20 Å². The Kier molecular flexibility index (Phi) is 4.33. The molecule has 4 rings (SSSR count). The van der Waals surface area contributed by atoms with Crippen LogP contribution >= 0.6 is 0 Å². The highest BCUT2D eigenvalue weighted by Crippen LogP contribution is 2.26. The minimum atomic E-state index is -4.75. The Hall–Kier alpha value is -3.69. The standard InChI is InChI=1S/C19H15F3N4O3/c1-11-12(2)28-17(23-11)10-26-18(27)25-9-14(5-8-16(25)24-26)13-3-6-15(7-4-13)29-19(20,21)22/h3-10,23H,1-2H3. The molecule has 150 valence electrons. The molecule has 0 saturated carbocycles. The van der Waals surface area contributed by atoms with Gasteiger partial charge in [-0.1, -0.05) is 12.1 Å². The van der Waals surface area contributed by atoms with Crippen molar-refractivity contribution in [2.75, 3.05) is 0 Å². The molecular weight excluding hydrogens is 389 g/mol. The molecule has 1 aromatic carbocycles. The van der Waals surface area contributed by atoms with E-state index in [4.69, 9.17) is 4.74 Å². The number of hydrogen-bond donors (Lipinski definition) is 1. The van der Waals surface area contributed by atoms with E-state index in [1.54, 1.807) is 25.3 Å². The number of rotatable bonds is 3. The maximum absolute atomic E-state index is 12.7. The number of ether oxygens (including phenoxy) is 2. The van der Waals surface area contributed by atoms with Gasteiger partial charge in [-0.2, -0.15) is 4.68 Å². The summed E-state index contributed by atoms with van der Waals surface area (Å²) >= 11 is 0. The molecule has 0 radical (unpaired) electrons. The molecule has 0 fully saturated rings. The van der Waals surface area contributed by atoms with E-state index in [1.807, 2.05) is 6.92 Å². The molecule has 1 N–H and O–H groups in total. The van der Waals surface area contributed by atoms with Gasteiger partial charge in [-0.3, -0.25) is 0 Å². The number of benzene rings is 1. The average Bonchev–Trinajstić information content (AvgIpc) is 3.13. The zero-order chi connectivity index (χ0) is 20.8. The number of alkyl halides is 3. The van der Waals surface area contributed by atoms with Gasteiger partial charge in [0.15, 0.2) is 5.65 Å². The smallest absolute Gasteiger partial charge is 0.442 e. The van der Waals surface area contributed by atoms with E-state index in [-0.39, 0.29) is 5.75 Å². The molecule has 1 aliphatic rings.